The van der Waals surface area contributed by atoms with Crippen LogP contribution < -0.4 is 11.1 Å². The lowest BCUT2D eigenvalue weighted by atomic mass is 10.1. The van der Waals surface area contributed by atoms with E-state index in [1.165, 1.54) is 6.26 Å². The van der Waals surface area contributed by atoms with Crippen molar-refractivity contribution >= 4 is 21.2 Å². The molecule has 0 unspecified atom stereocenters. The number of nitrogens with two attached hydrogens (primary N) is 1. The third kappa shape index (κ3) is 3.74. The Morgan fingerprint density at radius 2 is 1.86 bits per heavy atom. The predicted octanol–water partition coefficient (Wildman–Crippen LogP) is 2.16. The van der Waals surface area contributed by atoms with Crippen molar-refractivity contribution in [1.29, 1.82) is 5.26 Å². The zero-order chi connectivity index (χ0) is 15.5. The van der Waals surface area contributed by atoms with Crippen molar-refractivity contribution in [1.82, 2.24) is 0 Å². The van der Waals surface area contributed by atoms with Crippen LogP contribution in [-0.4, -0.2) is 14.7 Å². The molecule has 0 bridgehead atoms. The highest BCUT2D eigenvalue weighted by Gasteiger charge is 2.06. The number of benzene rings is 2. The van der Waals surface area contributed by atoms with Crippen LogP contribution in [-0.2, 0) is 16.4 Å². The van der Waals surface area contributed by atoms with Crippen LogP contribution >= 0.6 is 0 Å². The van der Waals surface area contributed by atoms with E-state index in [0.717, 1.165) is 11.3 Å². The largest absolute Gasteiger partial charge is 0.398 e. The topological polar surface area (TPSA) is 96.0 Å². The summed E-state index contributed by atoms with van der Waals surface area (Å²) in [5.41, 5.74) is 8.36. The maximum Gasteiger partial charge on any atom is 0.175 e. The molecular weight excluding hydrogens is 286 g/mol. The quantitative estimate of drug-likeness (QED) is 0.844. The Hall–Kier alpha value is -2.52. The van der Waals surface area contributed by atoms with Crippen molar-refractivity contribution in [2.24, 2.45) is 0 Å². The third-order valence-electron chi connectivity index (χ3n) is 3.02. The van der Waals surface area contributed by atoms with Gasteiger partial charge in [0.25, 0.3) is 0 Å². The molecule has 108 valence electrons. The monoisotopic (exact) mass is 301 g/mol. The number of nitrogens with zero attached hydrogens (tertiary/aromatic N) is 1. The van der Waals surface area contributed by atoms with Crippen LogP contribution in [0.4, 0.5) is 11.4 Å². The Bertz CT molecular complexity index is 791. The number of sulfone groups is 1. The molecule has 2 rings (SSSR count). The van der Waals surface area contributed by atoms with E-state index >= 15 is 0 Å². The fraction of sp³-hybridized carbons (Fsp3) is 0.133. The molecule has 0 atom stereocenters. The minimum Gasteiger partial charge on any atom is -0.398 e. The maximum absolute atomic E-state index is 11.4. The number of nitrogen functional groups attached to an aromatic ring is 1. The molecule has 0 amide bonds. The van der Waals surface area contributed by atoms with Gasteiger partial charge < -0.3 is 11.1 Å². The van der Waals surface area contributed by atoms with Gasteiger partial charge in [0.2, 0.25) is 0 Å². The van der Waals surface area contributed by atoms with Crippen molar-refractivity contribution in [3.8, 4) is 6.07 Å². The minimum atomic E-state index is -3.17. The van der Waals surface area contributed by atoms with E-state index in [1.807, 2.05) is 6.07 Å². The number of hydrogen-bond donors (Lipinski definition) is 2. The Kier molecular flexibility index (Phi) is 4.15. The summed E-state index contributed by atoms with van der Waals surface area (Å²) in [4.78, 5) is 0.300. The number of rotatable bonds is 4. The molecule has 0 radical (unpaired) electrons. The third-order valence-corrected chi connectivity index (χ3v) is 4.15. The van der Waals surface area contributed by atoms with Gasteiger partial charge in [0, 0.05) is 18.5 Å². The number of nitrogens with one attached hydrogen (secondary N) is 1. The first-order valence-corrected chi connectivity index (χ1v) is 8.12. The number of hydrogen-bond acceptors (Lipinski definition) is 5. The lowest BCUT2D eigenvalue weighted by Gasteiger charge is -2.08. The summed E-state index contributed by atoms with van der Waals surface area (Å²) in [6.07, 6.45) is 1.18. The van der Waals surface area contributed by atoms with Crippen LogP contribution in [0.15, 0.2) is 47.4 Å². The summed E-state index contributed by atoms with van der Waals surface area (Å²) in [6, 6.07) is 13.8. The Balaban J connectivity index is 2.07. The highest BCUT2D eigenvalue weighted by atomic mass is 32.2. The van der Waals surface area contributed by atoms with Crippen molar-refractivity contribution in [3.05, 3.63) is 53.6 Å². The molecule has 21 heavy (non-hydrogen) atoms. The van der Waals surface area contributed by atoms with Crippen LogP contribution in [0.1, 0.15) is 11.1 Å². The van der Waals surface area contributed by atoms with Gasteiger partial charge in [-0.25, -0.2) is 8.42 Å². The van der Waals surface area contributed by atoms with Gasteiger partial charge in [-0.2, -0.15) is 5.26 Å². The summed E-state index contributed by atoms with van der Waals surface area (Å²) >= 11 is 0. The van der Waals surface area contributed by atoms with Gasteiger partial charge in [-0.05, 0) is 35.9 Å². The second kappa shape index (κ2) is 5.85. The van der Waals surface area contributed by atoms with Gasteiger partial charge >= 0.3 is 0 Å². The first-order chi connectivity index (χ1) is 9.90. The Morgan fingerprint density at radius 1 is 1.19 bits per heavy atom. The van der Waals surface area contributed by atoms with Crippen LogP contribution in [0.3, 0.4) is 0 Å². The van der Waals surface area contributed by atoms with Gasteiger partial charge in [-0.3, -0.25) is 0 Å². The maximum atomic E-state index is 11.4. The molecule has 0 aliphatic carbocycles. The fourth-order valence-corrected chi connectivity index (χ4v) is 2.46. The van der Waals surface area contributed by atoms with Gasteiger partial charge in [0.05, 0.1) is 16.1 Å². The summed E-state index contributed by atoms with van der Waals surface area (Å²) < 4.78 is 22.7. The first kappa shape index (κ1) is 14.9. The van der Waals surface area contributed by atoms with E-state index in [-0.39, 0.29) is 0 Å². The van der Waals surface area contributed by atoms with Crippen molar-refractivity contribution < 1.29 is 8.42 Å². The van der Waals surface area contributed by atoms with Crippen LogP contribution in [0.5, 0.6) is 0 Å². The molecule has 2 aromatic carbocycles. The molecule has 2 aromatic rings. The van der Waals surface area contributed by atoms with E-state index in [4.69, 9.17) is 11.0 Å². The zero-order valence-electron chi connectivity index (χ0n) is 11.5. The number of nitriles is 1. The van der Waals surface area contributed by atoms with E-state index in [2.05, 4.69) is 5.32 Å². The molecule has 0 aliphatic heterocycles. The highest BCUT2D eigenvalue weighted by molar-refractivity contribution is 7.90. The lowest BCUT2D eigenvalue weighted by molar-refractivity contribution is 0.602. The molecule has 0 saturated heterocycles. The van der Waals surface area contributed by atoms with Crippen molar-refractivity contribution in [2.45, 2.75) is 11.4 Å². The molecule has 5 nitrogen and oxygen atoms in total. The second-order valence-corrected chi connectivity index (χ2v) is 6.70. The van der Waals surface area contributed by atoms with E-state index < -0.39 is 9.84 Å². The molecular formula is C15H15N3O2S. The van der Waals surface area contributed by atoms with Crippen molar-refractivity contribution in [3.63, 3.8) is 0 Å². The highest BCUT2D eigenvalue weighted by Crippen LogP contribution is 2.18. The van der Waals surface area contributed by atoms with Crippen molar-refractivity contribution in [2.75, 3.05) is 17.3 Å². The Morgan fingerprint density at radius 3 is 2.38 bits per heavy atom. The molecule has 0 aromatic heterocycles. The first-order valence-electron chi connectivity index (χ1n) is 6.22. The zero-order valence-corrected chi connectivity index (χ0v) is 12.3. The summed E-state index contributed by atoms with van der Waals surface area (Å²) in [5, 5.41) is 12.0. The minimum absolute atomic E-state index is 0.300. The van der Waals surface area contributed by atoms with E-state index in [1.54, 1.807) is 42.5 Å². The SMILES string of the molecule is CS(=O)(=O)c1ccc(CNc2ccc(C#N)c(N)c2)cc1. The van der Waals surface area contributed by atoms with Gasteiger partial charge in [0.1, 0.15) is 6.07 Å². The fourth-order valence-electron chi connectivity index (χ4n) is 1.83. The second-order valence-electron chi connectivity index (χ2n) is 4.68. The summed E-state index contributed by atoms with van der Waals surface area (Å²) in [6.45, 7) is 0.537. The van der Waals surface area contributed by atoms with Crippen LogP contribution in [0.25, 0.3) is 0 Å². The molecule has 0 aliphatic rings. The van der Waals surface area contributed by atoms with Gasteiger partial charge in [-0.1, -0.05) is 12.1 Å². The standard InChI is InChI=1S/C15H15N3O2S/c1-21(19,20)14-6-2-11(3-7-14)10-18-13-5-4-12(9-16)15(17)8-13/h2-8,18H,10,17H2,1H3. The van der Waals surface area contributed by atoms with Gasteiger partial charge in [0.15, 0.2) is 9.84 Å². The average molecular weight is 301 g/mol. The lowest BCUT2D eigenvalue weighted by Crippen LogP contribution is -2.02. The predicted molar refractivity (Wildman–Crippen MR) is 82.4 cm³/mol. The summed E-state index contributed by atoms with van der Waals surface area (Å²) in [7, 11) is -3.17. The molecule has 0 fully saturated rings. The van der Waals surface area contributed by atoms with E-state index in [9.17, 15) is 8.42 Å². The van der Waals surface area contributed by atoms with Crippen LogP contribution in [0.2, 0.25) is 0 Å². The number of anilines is 2. The molecule has 0 saturated carbocycles. The molecule has 6 heteroatoms. The normalized spacial score (nSPS) is 10.9. The summed E-state index contributed by atoms with van der Waals surface area (Å²) in [5.74, 6) is 0. The smallest absolute Gasteiger partial charge is 0.175 e. The van der Waals surface area contributed by atoms with Crippen LogP contribution in [0, 0.1) is 11.3 Å². The van der Waals surface area contributed by atoms with Gasteiger partial charge in [-0.15, -0.1) is 0 Å². The average Bonchev–Trinajstić information content (AvgIpc) is 2.45. The molecule has 3 N–H and O–H groups in total. The molecule has 0 heterocycles. The Labute approximate surface area is 123 Å². The van der Waals surface area contributed by atoms with E-state index in [0.29, 0.717) is 22.7 Å². The molecule has 0 spiro atoms.